The molecule has 0 aliphatic carbocycles. The summed E-state index contributed by atoms with van der Waals surface area (Å²) in [6, 6.07) is 8.23. The summed E-state index contributed by atoms with van der Waals surface area (Å²) < 4.78 is 2.17. The molecule has 0 unspecified atom stereocenters. The number of benzene rings is 1. The zero-order valence-corrected chi connectivity index (χ0v) is 13.6. The van der Waals surface area contributed by atoms with Crippen LogP contribution in [-0.2, 0) is 18.4 Å². The van der Waals surface area contributed by atoms with Gasteiger partial charge in [-0.2, -0.15) is 0 Å². The van der Waals surface area contributed by atoms with Gasteiger partial charge in [-0.3, -0.25) is 9.69 Å². The van der Waals surface area contributed by atoms with Crippen molar-refractivity contribution in [2.45, 2.75) is 19.4 Å². The smallest absolute Gasteiger partial charge is 0.225 e. The summed E-state index contributed by atoms with van der Waals surface area (Å²) in [5, 5.41) is 0. The lowest BCUT2D eigenvalue weighted by atomic mass is 9.95. The van der Waals surface area contributed by atoms with E-state index in [1.54, 1.807) is 4.90 Å². The standard InChI is InChI=1S/C17H24N4O/c1-19(2)17(22)13-8-10-21(11-9-13)12-16-18-14-6-4-5-7-15(14)20(16)3/h4-7,13H,8-12H2,1-3H3. The number of para-hydroxylation sites is 2. The molecule has 3 rings (SSSR count). The maximum atomic E-state index is 12.0. The molecule has 1 aromatic carbocycles. The number of amides is 1. The van der Waals surface area contributed by atoms with Crippen LogP contribution in [-0.4, -0.2) is 52.4 Å². The monoisotopic (exact) mass is 300 g/mol. The topological polar surface area (TPSA) is 41.4 Å². The highest BCUT2D eigenvalue weighted by atomic mass is 16.2. The SMILES string of the molecule is CN(C)C(=O)C1CCN(Cc2nc3ccccc3n2C)CC1. The van der Waals surface area contributed by atoms with E-state index in [4.69, 9.17) is 4.98 Å². The van der Waals surface area contributed by atoms with Gasteiger partial charge in [-0.25, -0.2) is 4.98 Å². The normalized spacial score (nSPS) is 17.0. The molecule has 1 fully saturated rings. The van der Waals surface area contributed by atoms with Gasteiger partial charge < -0.3 is 9.47 Å². The van der Waals surface area contributed by atoms with Crippen LogP contribution in [0.4, 0.5) is 0 Å². The Kier molecular flexibility index (Phi) is 4.16. The first kappa shape index (κ1) is 15.0. The van der Waals surface area contributed by atoms with Crippen molar-refractivity contribution in [3.63, 3.8) is 0 Å². The molecule has 118 valence electrons. The fourth-order valence-corrected chi connectivity index (χ4v) is 3.24. The van der Waals surface area contributed by atoms with E-state index in [1.165, 1.54) is 5.52 Å². The van der Waals surface area contributed by atoms with E-state index in [-0.39, 0.29) is 11.8 Å². The van der Waals surface area contributed by atoms with E-state index in [0.717, 1.165) is 43.8 Å². The lowest BCUT2D eigenvalue weighted by Gasteiger charge is -2.32. The van der Waals surface area contributed by atoms with E-state index >= 15 is 0 Å². The molecular weight excluding hydrogens is 276 g/mol. The summed E-state index contributed by atoms with van der Waals surface area (Å²) >= 11 is 0. The second kappa shape index (κ2) is 6.08. The Morgan fingerprint density at radius 1 is 1.27 bits per heavy atom. The number of rotatable bonds is 3. The Hall–Kier alpha value is -1.88. The van der Waals surface area contributed by atoms with Crippen LogP contribution in [0.5, 0.6) is 0 Å². The predicted octanol–water partition coefficient (Wildman–Crippen LogP) is 1.87. The molecule has 0 radical (unpaired) electrons. The van der Waals surface area contributed by atoms with Gasteiger partial charge in [0.25, 0.3) is 0 Å². The number of hydrogen-bond donors (Lipinski definition) is 0. The van der Waals surface area contributed by atoms with Gasteiger partial charge in [-0.15, -0.1) is 0 Å². The lowest BCUT2D eigenvalue weighted by Crippen LogP contribution is -2.40. The first-order valence-electron chi connectivity index (χ1n) is 7.90. The molecule has 22 heavy (non-hydrogen) atoms. The third-order valence-corrected chi connectivity index (χ3v) is 4.62. The number of nitrogens with zero attached hydrogens (tertiary/aromatic N) is 4. The largest absolute Gasteiger partial charge is 0.349 e. The van der Waals surface area contributed by atoms with E-state index in [9.17, 15) is 4.79 Å². The third-order valence-electron chi connectivity index (χ3n) is 4.62. The van der Waals surface area contributed by atoms with Gasteiger partial charge >= 0.3 is 0 Å². The number of fused-ring (bicyclic) bond motifs is 1. The quantitative estimate of drug-likeness (QED) is 0.869. The molecule has 1 aliphatic rings. The summed E-state index contributed by atoms with van der Waals surface area (Å²) in [4.78, 5) is 20.9. The summed E-state index contributed by atoms with van der Waals surface area (Å²) in [5.41, 5.74) is 2.23. The highest BCUT2D eigenvalue weighted by molar-refractivity contribution is 5.78. The van der Waals surface area contributed by atoms with Crippen molar-refractivity contribution < 1.29 is 4.79 Å². The van der Waals surface area contributed by atoms with Crippen molar-refractivity contribution in [1.29, 1.82) is 0 Å². The van der Waals surface area contributed by atoms with Gasteiger partial charge in [0.05, 0.1) is 17.6 Å². The zero-order chi connectivity index (χ0) is 15.7. The highest BCUT2D eigenvalue weighted by Gasteiger charge is 2.26. The maximum absolute atomic E-state index is 12.0. The lowest BCUT2D eigenvalue weighted by molar-refractivity contribution is -0.134. The van der Waals surface area contributed by atoms with Crippen LogP contribution in [0.2, 0.25) is 0 Å². The van der Waals surface area contributed by atoms with Crippen molar-refractivity contribution in [3.8, 4) is 0 Å². The van der Waals surface area contributed by atoms with Gasteiger partial charge in [-0.1, -0.05) is 12.1 Å². The molecule has 0 bridgehead atoms. The molecule has 1 saturated heterocycles. The minimum Gasteiger partial charge on any atom is -0.349 e. The maximum Gasteiger partial charge on any atom is 0.225 e. The van der Waals surface area contributed by atoms with Crippen LogP contribution >= 0.6 is 0 Å². The van der Waals surface area contributed by atoms with E-state index in [1.807, 2.05) is 26.2 Å². The summed E-state index contributed by atoms with van der Waals surface area (Å²) in [7, 11) is 5.76. The summed E-state index contributed by atoms with van der Waals surface area (Å²) in [5.74, 6) is 1.55. The average molecular weight is 300 g/mol. The molecule has 0 atom stereocenters. The first-order valence-corrected chi connectivity index (χ1v) is 7.90. The highest BCUT2D eigenvalue weighted by Crippen LogP contribution is 2.21. The Balaban J connectivity index is 1.65. The van der Waals surface area contributed by atoms with Crippen molar-refractivity contribution in [3.05, 3.63) is 30.1 Å². The fourth-order valence-electron chi connectivity index (χ4n) is 3.24. The van der Waals surface area contributed by atoms with Gasteiger partial charge in [0.2, 0.25) is 5.91 Å². The minimum atomic E-state index is 0.187. The van der Waals surface area contributed by atoms with Crippen LogP contribution in [0.3, 0.4) is 0 Å². The zero-order valence-electron chi connectivity index (χ0n) is 13.6. The van der Waals surface area contributed by atoms with Crippen molar-refractivity contribution >= 4 is 16.9 Å². The average Bonchev–Trinajstić information content (AvgIpc) is 2.84. The molecule has 2 heterocycles. The van der Waals surface area contributed by atoms with Crippen LogP contribution in [0, 0.1) is 5.92 Å². The number of hydrogen-bond acceptors (Lipinski definition) is 3. The van der Waals surface area contributed by atoms with Gasteiger partial charge in [0.1, 0.15) is 5.82 Å². The number of carbonyl (C=O) groups is 1. The van der Waals surface area contributed by atoms with Crippen LogP contribution < -0.4 is 0 Å². The second-order valence-corrected chi connectivity index (χ2v) is 6.36. The molecule has 1 aromatic heterocycles. The van der Waals surface area contributed by atoms with Gasteiger partial charge in [-0.05, 0) is 38.1 Å². The Bertz CT molecular complexity index is 668. The van der Waals surface area contributed by atoms with Crippen molar-refractivity contribution in [2.75, 3.05) is 27.2 Å². The molecule has 5 nitrogen and oxygen atoms in total. The van der Waals surface area contributed by atoms with Gasteiger partial charge in [0.15, 0.2) is 0 Å². The molecule has 0 N–H and O–H groups in total. The van der Waals surface area contributed by atoms with E-state index in [0.29, 0.717) is 0 Å². The van der Waals surface area contributed by atoms with Crippen molar-refractivity contribution in [1.82, 2.24) is 19.4 Å². The Labute approximate surface area is 131 Å². The number of piperidine rings is 1. The summed E-state index contributed by atoms with van der Waals surface area (Å²) in [6.07, 6.45) is 1.89. The number of carbonyl (C=O) groups excluding carboxylic acids is 1. The molecule has 0 saturated carbocycles. The second-order valence-electron chi connectivity index (χ2n) is 6.36. The van der Waals surface area contributed by atoms with Crippen LogP contribution in [0.25, 0.3) is 11.0 Å². The molecule has 2 aromatic rings. The fraction of sp³-hybridized carbons (Fsp3) is 0.529. The number of imidazole rings is 1. The number of aryl methyl sites for hydroxylation is 1. The van der Waals surface area contributed by atoms with Gasteiger partial charge in [0, 0.05) is 27.1 Å². The van der Waals surface area contributed by atoms with Crippen LogP contribution in [0.1, 0.15) is 18.7 Å². The van der Waals surface area contributed by atoms with E-state index in [2.05, 4.69) is 28.6 Å². The molecule has 0 spiro atoms. The predicted molar refractivity (Wildman–Crippen MR) is 87.4 cm³/mol. The number of likely N-dealkylation sites (tertiary alicyclic amines) is 1. The van der Waals surface area contributed by atoms with Crippen molar-refractivity contribution in [2.24, 2.45) is 13.0 Å². The van der Waals surface area contributed by atoms with Crippen LogP contribution in [0.15, 0.2) is 24.3 Å². The molecule has 5 heteroatoms. The first-order chi connectivity index (χ1) is 10.6. The van der Waals surface area contributed by atoms with E-state index < -0.39 is 0 Å². The number of aromatic nitrogens is 2. The Morgan fingerprint density at radius 2 is 1.95 bits per heavy atom. The third kappa shape index (κ3) is 2.86. The molecular formula is C17H24N4O. The Morgan fingerprint density at radius 3 is 2.59 bits per heavy atom. The minimum absolute atomic E-state index is 0.187. The summed E-state index contributed by atoms with van der Waals surface area (Å²) in [6.45, 7) is 2.79. The molecule has 1 aliphatic heterocycles. The molecule has 1 amide bonds.